The van der Waals surface area contributed by atoms with Crippen molar-refractivity contribution in [3.8, 4) is 85.1 Å². The first kappa shape index (κ1) is 41.9. The van der Waals surface area contributed by atoms with Gasteiger partial charge in [-0.15, -0.1) is 0 Å². The van der Waals surface area contributed by atoms with Crippen LogP contribution in [0.5, 0.6) is 0 Å². The minimum atomic E-state index is 0.540. The van der Waals surface area contributed by atoms with Crippen molar-refractivity contribution < 1.29 is 0 Å². The Hall–Kier alpha value is -10.3. The lowest BCUT2D eigenvalue weighted by molar-refractivity contribution is 1.07. The maximum Gasteiger partial charge on any atom is 0.187 e. The zero-order valence-corrected chi connectivity index (χ0v) is 38.5. The smallest absolute Gasteiger partial charge is 0.187 e. The molecule has 0 fully saturated rings. The number of benzene rings is 9. The van der Waals surface area contributed by atoms with E-state index in [2.05, 4.69) is 147 Å². The molecule has 334 valence electrons. The molecule has 4 aromatic heterocycles. The van der Waals surface area contributed by atoms with Gasteiger partial charge in [0.05, 0.1) is 51.7 Å². The third-order valence-electron chi connectivity index (χ3n) is 13.5. The van der Waals surface area contributed by atoms with Crippen molar-refractivity contribution >= 4 is 49.3 Å². The molecule has 13 aromatic rings. The van der Waals surface area contributed by atoms with Crippen molar-refractivity contribution in [2.24, 2.45) is 0 Å². The molecule has 0 spiro atoms. The summed E-state index contributed by atoms with van der Waals surface area (Å²) in [6.07, 6.45) is 1.89. The van der Waals surface area contributed by atoms with Crippen molar-refractivity contribution in [3.63, 3.8) is 0 Å². The highest BCUT2D eigenvalue weighted by Crippen LogP contribution is 2.41. The first-order chi connectivity index (χ1) is 35.6. The van der Waals surface area contributed by atoms with E-state index in [1.54, 1.807) is 0 Å². The van der Waals surface area contributed by atoms with Crippen LogP contribution in [-0.2, 0) is 0 Å². The van der Waals surface area contributed by atoms with Gasteiger partial charge in [0.2, 0.25) is 0 Å². The summed E-state index contributed by atoms with van der Waals surface area (Å²) in [6, 6.07) is 78.7. The van der Waals surface area contributed by atoms with Crippen LogP contribution in [0, 0.1) is 17.9 Å². The molecule has 8 heteroatoms. The molecule has 0 radical (unpaired) electrons. The second-order valence-corrected chi connectivity index (χ2v) is 17.7. The van der Waals surface area contributed by atoms with Crippen LogP contribution in [0.3, 0.4) is 0 Å². The highest BCUT2D eigenvalue weighted by atomic mass is 15.0. The van der Waals surface area contributed by atoms with E-state index < -0.39 is 0 Å². The monoisotopic (exact) mass is 918 g/mol. The van der Waals surface area contributed by atoms with Gasteiger partial charge in [-0.05, 0) is 107 Å². The number of hydrogen-bond acceptors (Lipinski definition) is 5. The van der Waals surface area contributed by atoms with Crippen molar-refractivity contribution in [1.82, 2.24) is 29.1 Å². The van der Waals surface area contributed by atoms with Crippen LogP contribution in [0.15, 0.2) is 231 Å². The van der Waals surface area contributed by atoms with E-state index in [9.17, 15) is 5.26 Å². The minimum Gasteiger partial charge on any atom is -0.309 e. The SMILES string of the molecule is [C-]#[N+]c1cccc(-c2ccc3c(c2)c2ccccc2n3-c2ccc(-c3nc(-c4ccccc4)nc(-c4ccccc4)n3)cc2-c2cc(-n3c4ccccc4c4cc(-c5cccc(C#N)c5)ccc43)ccn2)c1. The second kappa shape index (κ2) is 17.4. The third-order valence-corrected chi connectivity index (χ3v) is 13.5. The van der Waals surface area contributed by atoms with E-state index in [0.29, 0.717) is 28.7 Å². The Labute approximate surface area is 414 Å². The summed E-state index contributed by atoms with van der Waals surface area (Å²) in [4.78, 5) is 24.2. The van der Waals surface area contributed by atoms with E-state index in [4.69, 9.17) is 26.5 Å². The second-order valence-electron chi connectivity index (χ2n) is 17.7. The lowest BCUT2D eigenvalue weighted by Gasteiger charge is -2.17. The molecule has 0 aliphatic carbocycles. The predicted octanol–water partition coefficient (Wildman–Crippen LogP) is 15.9. The number of fused-ring (bicyclic) bond motifs is 6. The van der Waals surface area contributed by atoms with Crippen LogP contribution in [0.1, 0.15) is 5.56 Å². The molecule has 13 rings (SSSR count). The van der Waals surface area contributed by atoms with Crippen molar-refractivity contribution in [2.75, 3.05) is 0 Å². The molecule has 0 aliphatic rings. The average molecular weight is 919 g/mol. The van der Waals surface area contributed by atoms with Gasteiger partial charge in [-0.25, -0.2) is 19.8 Å². The zero-order valence-electron chi connectivity index (χ0n) is 38.5. The number of nitrogens with zero attached hydrogens (tertiary/aromatic N) is 8. The molecule has 8 nitrogen and oxygen atoms in total. The van der Waals surface area contributed by atoms with Crippen LogP contribution >= 0.6 is 0 Å². The third kappa shape index (κ3) is 7.23. The molecule has 0 atom stereocenters. The topological polar surface area (TPSA) is 89.6 Å². The van der Waals surface area contributed by atoms with Crippen LogP contribution in [0.4, 0.5) is 5.69 Å². The lowest BCUT2D eigenvalue weighted by Crippen LogP contribution is -2.03. The Kier molecular flexibility index (Phi) is 10.1. The molecular weight excluding hydrogens is 881 g/mol. The van der Waals surface area contributed by atoms with E-state index in [1.165, 1.54) is 0 Å². The van der Waals surface area contributed by atoms with Crippen LogP contribution in [0.2, 0.25) is 0 Å². The highest BCUT2D eigenvalue weighted by Gasteiger charge is 2.21. The maximum absolute atomic E-state index is 9.69. The van der Waals surface area contributed by atoms with E-state index in [1.807, 2.05) is 103 Å². The molecule has 0 unspecified atom stereocenters. The lowest BCUT2D eigenvalue weighted by atomic mass is 10.0. The summed E-state index contributed by atoms with van der Waals surface area (Å²) in [7, 11) is 0. The van der Waals surface area contributed by atoms with Gasteiger partial charge < -0.3 is 9.13 Å². The van der Waals surface area contributed by atoms with Crippen molar-refractivity contribution in [2.45, 2.75) is 0 Å². The van der Waals surface area contributed by atoms with Gasteiger partial charge in [-0.3, -0.25) is 4.98 Å². The molecule has 0 aliphatic heterocycles. The van der Waals surface area contributed by atoms with E-state index >= 15 is 0 Å². The van der Waals surface area contributed by atoms with Gasteiger partial charge >= 0.3 is 0 Å². The summed E-state index contributed by atoms with van der Waals surface area (Å²) in [5.74, 6) is 1.70. The number of rotatable bonds is 8. The van der Waals surface area contributed by atoms with Crippen molar-refractivity contribution in [3.05, 3.63) is 248 Å². The van der Waals surface area contributed by atoms with Gasteiger partial charge in [0.15, 0.2) is 23.2 Å². The molecule has 0 bridgehead atoms. The minimum absolute atomic E-state index is 0.540. The Balaban J connectivity index is 1.04. The Morgan fingerprint density at radius 3 is 1.56 bits per heavy atom. The number of aromatic nitrogens is 6. The molecule has 4 heterocycles. The number of pyridine rings is 1. The van der Waals surface area contributed by atoms with Crippen LogP contribution in [-0.4, -0.2) is 29.1 Å². The molecule has 0 amide bonds. The Morgan fingerprint density at radius 1 is 0.403 bits per heavy atom. The van der Waals surface area contributed by atoms with E-state index in [-0.39, 0.29) is 0 Å². The van der Waals surface area contributed by atoms with Gasteiger partial charge in [-0.2, -0.15) is 5.26 Å². The van der Waals surface area contributed by atoms with Crippen molar-refractivity contribution in [1.29, 1.82) is 5.26 Å². The summed E-state index contributed by atoms with van der Waals surface area (Å²) in [5.41, 5.74) is 15.6. The summed E-state index contributed by atoms with van der Waals surface area (Å²) < 4.78 is 4.64. The van der Waals surface area contributed by atoms with Crippen LogP contribution in [0.25, 0.3) is 128 Å². The van der Waals surface area contributed by atoms with Gasteiger partial charge in [0.1, 0.15) is 0 Å². The largest absolute Gasteiger partial charge is 0.309 e. The summed E-state index contributed by atoms with van der Waals surface area (Å²) in [6.45, 7) is 7.67. The number of hydrogen-bond donors (Lipinski definition) is 0. The van der Waals surface area contributed by atoms with Gasteiger partial charge in [0, 0.05) is 55.7 Å². The summed E-state index contributed by atoms with van der Waals surface area (Å²) in [5, 5.41) is 14.1. The fraction of sp³-hybridized carbons (Fsp3) is 0. The summed E-state index contributed by atoms with van der Waals surface area (Å²) >= 11 is 0. The molecular formula is C64H38N8. The molecule has 0 saturated heterocycles. The molecule has 72 heavy (non-hydrogen) atoms. The number of nitriles is 1. The van der Waals surface area contributed by atoms with E-state index in [0.717, 1.165) is 105 Å². The fourth-order valence-electron chi connectivity index (χ4n) is 10.1. The van der Waals surface area contributed by atoms with Gasteiger partial charge in [-0.1, -0.05) is 140 Å². The number of para-hydroxylation sites is 2. The van der Waals surface area contributed by atoms with Gasteiger partial charge in [0.25, 0.3) is 0 Å². The molecule has 9 aromatic carbocycles. The molecule has 0 saturated carbocycles. The van der Waals surface area contributed by atoms with Crippen LogP contribution < -0.4 is 0 Å². The Morgan fingerprint density at radius 2 is 0.917 bits per heavy atom. The highest BCUT2D eigenvalue weighted by molar-refractivity contribution is 6.12. The normalized spacial score (nSPS) is 11.3. The Bertz CT molecular complexity index is 4310. The zero-order chi connectivity index (χ0) is 48.1. The maximum atomic E-state index is 9.69. The average Bonchev–Trinajstić information content (AvgIpc) is 3.97. The fourth-order valence-corrected chi connectivity index (χ4v) is 10.1. The predicted molar refractivity (Wildman–Crippen MR) is 290 cm³/mol. The first-order valence-electron chi connectivity index (χ1n) is 23.6. The molecule has 0 N–H and O–H groups in total. The standard InChI is InChI=1S/C64H38N8/c1-66-49-21-13-20-45(35-49)47-27-30-60-54(37-47)52-23-9-11-25-58(52)72(60)61-31-28-48(64-69-62(42-15-4-2-5-16-42)68-63(70-64)43-17-6-3-7-18-43)38-55(61)56-39-50(32-33-67-56)71-57-24-10-8-22-51(57)53-36-46(26-29-59(53)71)44-19-12-14-41(34-44)40-65/h2-39H. The quantitative estimate of drug-likeness (QED) is 0.142. The first-order valence-corrected chi connectivity index (χ1v) is 23.6.